The topological polar surface area (TPSA) is 20.2 Å². The van der Waals surface area contributed by atoms with Crippen LogP contribution in [0, 0.1) is 6.92 Å². The summed E-state index contributed by atoms with van der Waals surface area (Å²) in [4.78, 5) is 0. The molecule has 0 saturated heterocycles. The molecule has 0 saturated carbocycles. The molecule has 7 aromatic rings. The predicted octanol–water partition coefficient (Wildman–Crippen LogP) is 9.56. The number of aliphatic hydroxyl groups excluding tert-OH is 1. The maximum absolute atomic E-state index is 10.5. The summed E-state index contributed by atoms with van der Waals surface area (Å²) in [6.07, 6.45) is 0. The van der Waals surface area contributed by atoms with Crippen molar-refractivity contribution in [3.05, 3.63) is 108 Å². The van der Waals surface area contributed by atoms with Gasteiger partial charge in [0.1, 0.15) is 0 Å². The standard InChI is InChI=1S/C32H22OS2/c1-19-16-28(26-13-7-11-24-22-9-3-5-15-30(22)35-32(24)26)20(18-33)17-27(19)25-12-6-10-23-21-8-2-4-14-29(21)34-31(23)25/h2-17,33H,18H2,1H3. The summed E-state index contributed by atoms with van der Waals surface area (Å²) in [5.41, 5.74) is 6.94. The molecule has 0 radical (unpaired) electrons. The van der Waals surface area contributed by atoms with E-state index >= 15 is 0 Å². The van der Waals surface area contributed by atoms with E-state index in [0.29, 0.717) is 0 Å². The molecule has 0 atom stereocenters. The molecule has 0 amide bonds. The Labute approximate surface area is 211 Å². The molecule has 2 heterocycles. The fourth-order valence-electron chi connectivity index (χ4n) is 5.34. The zero-order chi connectivity index (χ0) is 23.5. The van der Waals surface area contributed by atoms with Crippen molar-refractivity contribution in [2.24, 2.45) is 0 Å². The second kappa shape index (κ2) is 8.03. The van der Waals surface area contributed by atoms with Crippen molar-refractivity contribution in [2.45, 2.75) is 13.5 Å². The van der Waals surface area contributed by atoms with Crippen LogP contribution in [0.3, 0.4) is 0 Å². The van der Waals surface area contributed by atoms with E-state index < -0.39 is 0 Å². The van der Waals surface area contributed by atoms with Crippen molar-refractivity contribution < 1.29 is 5.11 Å². The second-order valence-corrected chi connectivity index (χ2v) is 11.1. The second-order valence-electron chi connectivity index (χ2n) is 9.04. The lowest BCUT2D eigenvalue weighted by Gasteiger charge is -2.15. The number of aryl methyl sites for hydroxylation is 1. The minimum Gasteiger partial charge on any atom is -0.392 e. The summed E-state index contributed by atoms with van der Waals surface area (Å²) in [5, 5.41) is 15.7. The van der Waals surface area contributed by atoms with Crippen LogP contribution in [0.5, 0.6) is 0 Å². The largest absolute Gasteiger partial charge is 0.392 e. The molecule has 2 aromatic heterocycles. The zero-order valence-corrected chi connectivity index (χ0v) is 20.8. The van der Waals surface area contributed by atoms with Crippen LogP contribution in [0.25, 0.3) is 62.6 Å². The first kappa shape index (κ1) is 20.8. The molecule has 1 nitrogen and oxygen atoms in total. The van der Waals surface area contributed by atoms with E-state index in [1.807, 2.05) is 22.7 Å². The van der Waals surface area contributed by atoms with Gasteiger partial charge in [-0.15, -0.1) is 22.7 Å². The molecule has 3 heteroatoms. The highest BCUT2D eigenvalue weighted by Gasteiger charge is 2.17. The van der Waals surface area contributed by atoms with Crippen molar-refractivity contribution in [2.75, 3.05) is 0 Å². The summed E-state index contributed by atoms with van der Waals surface area (Å²) in [6.45, 7) is 2.20. The average Bonchev–Trinajstić information content (AvgIpc) is 3.47. The Morgan fingerprint density at radius 1 is 0.543 bits per heavy atom. The van der Waals surface area contributed by atoms with Gasteiger partial charge in [-0.05, 0) is 58.5 Å². The first-order chi connectivity index (χ1) is 17.2. The average molecular weight is 487 g/mol. The van der Waals surface area contributed by atoms with Crippen molar-refractivity contribution in [3.8, 4) is 22.3 Å². The highest BCUT2D eigenvalue weighted by molar-refractivity contribution is 7.26. The Morgan fingerprint density at radius 3 is 1.63 bits per heavy atom. The fraction of sp³-hybridized carbons (Fsp3) is 0.0625. The number of hydrogen-bond donors (Lipinski definition) is 1. The summed E-state index contributed by atoms with van der Waals surface area (Å²) in [5.74, 6) is 0. The van der Waals surface area contributed by atoms with Crippen molar-refractivity contribution in [3.63, 3.8) is 0 Å². The van der Waals surface area contributed by atoms with Gasteiger partial charge >= 0.3 is 0 Å². The van der Waals surface area contributed by atoms with Gasteiger partial charge in [0.05, 0.1) is 6.61 Å². The molecule has 35 heavy (non-hydrogen) atoms. The molecular weight excluding hydrogens is 464 g/mol. The van der Waals surface area contributed by atoms with Crippen LogP contribution in [0.4, 0.5) is 0 Å². The van der Waals surface area contributed by atoms with Gasteiger partial charge < -0.3 is 5.11 Å². The lowest BCUT2D eigenvalue weighted by atomic mass is 9.90. The molecule has 168 valence electrons. The van der Waals surface area contributed by atoms with Crippen molar-refractivity contribution >= 4 is 63.0 Å². The van der Waals surface area contributed by atoms with Gasteiger partial charge in [-0.3, -0.25) is 0 Å². The number of benzene rings is 5. The Hall–Kier alpha value is -3.50. The Kier molecular flexibility index (Phi) is 4.78. The lowest BCUT2D eigenvalue weighted by Crippen LogP contribution is -1.94. The quantitative estimate of drug-likeness (QED) is 0.264. The molecule has 5 aromatic carbocycles. The van der Waals surface area contributed by atoms with E-state index in [-0.39, 0.29) is 6.61 Å². The maximum atomic E-state index is 10.5. The molecule has 0 aliphatic heterocycles. The first-order valence-electron chi connectivity index (χ1n) is 11.8. The van der Waals surface area contributed by atoms with Crippen molar-refractivity contribution in [1.29, 1.82) is 0 Å². The number of hydrogen-bond acceptors (Lipinski definition) is 3. The molecule has 0 aliphatic carbocycles. The lowest BCUT2D eigenvalue weighted by molar-refractivity contribution is 0.282. The molecule has 0 unspecified atom stereocenters. The Morgan fingerprint density at radius 2 is 1.06 bits per heavy atom. The van der Waals surface area contributed by atoms with E-state index in [4.69, 9.17) is 0 Å². The highest BCUT2D eigenvalue weighted by Crippen LogP contribution is 2.44. The Balaban J connectivity index is 1.47. The van der Waals surface area contributed by atoms with Gasteiger partial charge in [0.2, 0.25) is 0 Å². The number of thiophene rings is 2. The van der Waals surface area contributed by atoms with Gasteiger partial charge in [0.25, 0.3) is 0 Å². The van der Waals surface area contributed by atoms with E-state index in [9.17, 15) is 5.11 Å². The third-order valence-electron chi connectivity index (χ3n) is 7.01. The Bertz CT molecular complexity index is 1900. The van der Waals surface area contributed by atoms with Crippen LogP contribution < -0.4 is 0 Å². The summed E-state index contributed by atoms with van der Waals surface area (Å²) >= 11 is 3.68. The molecule has 7 rings (SSSR count). The maximum Gasteiger partial charge on any atom is 0.0688 e. The first-order valence-corrected chi connectivity index (χ1v) is 13.4. The van der Waals surface area contributed by atoms with Crippen LogP contribution in [0.2, 0.25) is 0 Å². The smallest absolute Gasteiger partial charge is 0.0688 e. The minimum absolute atomic E-state index is 0.00624. The summed E-state index contributed by atoms with van der Waals surface area (Å²) in [7, 11) is 0. The molecular formula is C32H22OS2. The summed E-state index contributed by atoms with van der Waals surface area (Å²) < 4.78 is 5.19. The van der Waals surface area contributed by atoms with Gasteiger partial charge in [0.15, 0.2) is 0 Å². The monoisotopic (exact) mass is 486 g/mol. The third kappa shape index (κ3) is 3.16. The van der Waals surface area contributed by atoms with Gasteiger partial charge in [0, 0.05) is 40.3 Å². The minimum atomic E-state index is 0.00624. The van der Waals surface area contributed by atoms with Crippen LogP contribution in [-0.2, 0) is 6.61 Å². The van der Waals surface area contributed by atoms with Crippen LogP contribution in [0.1, 0.15) is 11.1 Å². The summed E-state index contributed by atoms with van der Waals surface area (Å²) in [6, 6.07) is 34.8. The van der Waals surface area contributed by atoms with E-state index in [0.717, 1.165) is 11.1 Å². The van der Waals surface area contributed by atoms with Gasteiger partial charge in [-0.1, -0.05) is 78.9 Å². The number of fused-ring (bicyclic) bond motifs is 6. The van der Waals surface area contributed by atoms with Gasteiger partial charge in [-0.25, -0.2) is 0 Å². The molecule has 0 bridgehead atoms. The van der Waals surface area contributed by atoms with Gasteiger partial charge in [-0.2, -0.15) is 0 Å². The molecule has 0 fully saturated rings. The van der Waals surface area contributed by atoms with Crippen LogP contribution in [-0.4, -0.2) is 5.11 Å². The van der Waals surface area contributed by atoms with E-state index in [1.165, 1.54) is 62.6 Å². The van der Waals surface area contributed by atoms with E-state index in [2.05, 4.69) is 104 Å². The number of aliphatic hydroxyl groups is 1. The zero-order valence-electron chi connectivity index (χ0n) is 19.2. The number of rotatable bonds is 3. The highest BCUT2D eigenvalue weighted by atomic mass is 32.1. The van der Waals surface area contributed by atoms with E-state index in [1.54, 1.807) is 0 Å². The predicted molar refractivity (Wildman–Crippen MR) is 154 cm³/mol. The third-order valence-corrected chi connectivity index (χ3v) is 9.45. The van der Waals surface area contributed by atoms with Crippen LogP contribution >= 0.6 is 22.7 Å². The molecule has 1 N–H and O–H groups in total. The molecule has 0 spiro atoms. The SMILES string of the molecule is Cc1cc(-c2cccc3c2sc2ccccc23)c(CO)cc1-c1cccc2c1sc1ccccc12. The molecule has 0 aliphatic rings. The fourth-order valence-corrected chi connectivity index (χ4v) is 7.80. The van der Waals surface area contributed by atoms with Crippen LogP contribution in [0.15, 0.2) is 97.1 Å². The van der Waals surface area contributed by atoms with Crippen molar-refractivity contribution in [1.82, 2.24) is 0 Å². The normalized spacial score (nSPS) is 11.8.